The molecule has 0 aliphatic carbocycles. The molecule has 1 rings (SSSR count). The van der Waals surface area contributed by atoms with Gasteiger partial charge in [0.1, 0.15) is 0 Å². The van der Waals surface area contributed by atoms with E-state index in [1.54, 1.807) is 0 Å². The summed E-state index contributed by atoms with van der Waals surface area (Å²) in [7, 11) is 0. The molecule has 4 heteroatoms. The fourth-order valence-electron chi connectivity index (χ4n) is 1.40. The van der Waals surface area contributed by atoms with Crippen LogP contribution in [0.5, 0.6) is 0 Å². The number of aliphatic imine (C=N–C) groups is 1. The van der Waals surface area contributed by atoms with Crippen molar-refractivity contribution in [3.8, 4) is 0 Å². The monoisotopic (exact) mass is 251 g/mol. The Kier molecular flexibility index (Phi) is 6.55. The first-order chi connectivity index (χ1) is 8.22. The van der Waals surface area contributed by atoms with Gasteiger partial charge in [0.05, 0.1) is 6.04 Å². The van der Waals surface area contributed by atoms with E-state index >= 15 is 0 Å². The molecule has 0 heterocycles. The second-order valence-corrected chi connectivity index (χ2v) is 5.23. The molecule has 0 aromatic heterocycles. The summed E-state index contributed by atoms with van der Waals surface area (Å²) in [6.07, 6.45) is 1.07. The molecule has 0 aliphatic heterocycles. The quantitative estimate of drug-likeness (QED) is 0.464. The van der Waals surface area contributed by atoms with Crippen molar-refractivity contribution in [2.24, 2.45) is 10.7 Å². The molecule has 0 spiro atoms. The predicted molar refractivity (Wildman–Crippen MR) is 78.8 cm³/mol. The maximum Gasteiger partial charge on any atom is 0.193 e. The minimum absolute atomic E-state index is 0.269. The van der Waals surface area contributed by atoms with Gasteiger partial charge in [0, 0.05) is 5.69 Å². The van der Waals surface area contributed by atoms with E-state index in [4.69, 9.17) is 5.73 Å². The summed E-state index contributed by atoms with van der Waals surface area (Å²) in [6, 6.07) is 10.1. The highest BCUT2D eigenvalue weighted by atomic mass is 32.2. The molecular formula is C13H21N3S. The first-order valence-corrected chi connectivity index (χ1v) is 7.11. The lowest BCUT2D eigenvalue weighted by molar-refractivity contribution is 0.722. The summed E-state index contributed by atoms with van der Waals surface area (Å²) in [5.41, 5.74) is 6.82. The Labute approximate surface area is 108 Å². The van der Waals surface area contributed by atoms with Crippen LogP contribution in [0, 0.1) is 0 Å². The molecule has 0 bridgehead atoms. The number of nitrogens with zero attached hydrogens (tertiary/aromatic N) is 1. The van der Waals surface area contributed by atoms with Crippen molar-refractivity contribution in [1.29, 1.82) is 0 Å². The Morgan fingerprint density at radius 1 is 1.41 bits per heavy atom. The molecule has 1 aromatic carbocycles. The fraction of sp³-hybridized carbons (Fsp3) is 0.462. The number of rotatable bonds is 6. The standard InChI is InChI=1S/C13H21N3S/c1-3-17-10-9-11(2)15-13(14)16-12-7-5-4-6-8-12/h4-8,11H,3,9-10H2,1-2H3,(H3,14,15,16). The van der Waals surface area contributed by atoms with Crippen LogP contribution in [0.2, 0.25) is 0 Å². The van der Waals surface area contributed by atoms with E-state index in [2.05, 4.69) is 24.2 Å². The van der Waals surface area contributed by atoms with Crippen LogP contribution in [0.3, 0.4) is 0 Å². The Bertz CT molecular complexity index is 338. The smallest absolute Gasteiger partial charge is 0.193 e. The Balaban J connectivity index is 2.38. The topological polar surface area (TPSA) is 50.4 Å². The minimum Gasteiger partial charge on any atom is -0.370 e. The number of benzene rings is 1. The van der Waals surface area contributed by atoms with Crippen molar-refractivity contribution < 1.29 is 0 Å². The van der Waals surface area contributed by atoms with Crippen molar-refractivity contribution in [2.75, 3.05) is 16.8 Å². The zero-order chi connectivity index (χ0) is 12.5. The number of hydrogen-bond donors (Lipinski definition) is 2. The summed E-state index contributed by atoms with van der Waals surface area (Å²) in [6.45, 7) is 4.26. The number of nitrogens with two attached hydrogens (primary N) is 1. The maximum absolute atomic E-state index is 5.84. The van der Waals surface area contributed by atoms with Gasteiger partial charge in [-0.3, -0.25) is 4.99 Å². The van der Waals surface area contributed by atoms with E-state index in [9.17, 15) is 0 Å². The highest BCUT2D eigenvalue weighted by Crippen LogP contribution is 2.07. The van der Waals surface area contributed by atoms with Crippen molar-refractivity contribution in [3.05, 3.63) is 30.3 Å². The fourth-order valence-corrected chi connectivity index (χ4v) is 2.20. The third-order valence-electron chi connectivity index (χ3n) is 2.29. The van der Waals surface area contributed by atoms with Gasteiger partial charge in [0.25, 0.3) is 0 Å². The highest BCUT2D eigenvalue weighted by Gasteiger charge is 2.01. The second kappa shape index (κ2) is 8.01. The molecule has 0 amide bonds. The average molecular weight is 251 g/mol. The molecule has 0 aliphatic rings. The van der Waals surface area contributed by atoms with E-state index in [0.29, 0.717) is 5.96 Å². The van der Waals surface area contributed by atoms with Gasteiger partial charge >= 0.3 is 0 Å². The first kappa shape index (κ1) is 13.9. The van der Waals surface area contributed by atoms with Gasteiger partial charge in [0.2, 0.25) is 0 Å². The van der Waals surface area contributed by atoms with Gasteiger partial charge < -0.3 is 11.1 Å². The van der Waals surface area contributed by atoms with Crippen LogP contribution in [0.15, 0.2) is 35.3 Å². The molecule has 3 N–H and O–H groups in total. The molecular weight excluding hydrogens is 230 g/mol. The van der Waals surface area contributed by atoms with Crippen LogP contribution in [0.25, 0.3) is 0 Å². The second-order valence-electron chi connectivity index (χ2n) is 3.84. The molecule has 1 unspecified atom stereocenters. The third kappa shape index (κ3) is 6.22. The molecule has 94 valence electrons. The third-order valence-corrected chi connectivity index (χ3v) is 3.22. The van der Waals surface area contributed by atoms with Gasteiger partial charge in [-0.25, -0.2) is 0 Å². The Hall–Kier alpha value is -1.16. The molecule has 3 nitrogen and oxygen atoms in total. The van der Waals surface area contributed by atoms with E-state index < -0.39 is 0 Å². The van der Waals surface area contributed by atoms with E-state index in [1.807, 2.05) is 42.1 Å². The van der Waals surface area contributed by atoms with E-state index in [1.165, 1.54) is 0 Å². The number of thioether (sulfide) groups is 1. The lowest BCUT2D eigenvalue weighted by atomic mass is 10.3. The first-order valence-electron chi connectivity index (χ1n) is 5.95. The zero-order valence-corrected chi connectivity index (χ0v) is 11.3. The van der Waals surface area contributed by atoms with Crippen LogP contribution in [0.4, 0.5) is 5.69 Å². The molecule has 1 atom stereocenters. The maximum atomic E-state index is 5.84. The zero-order valence-electron chi connectivity index (χ0n) is 10.5. The molecule has 1 aromatic rings. The number of nitrogens with one attached hydrogen (secondary N) is 1. The van der Waals surface area contributed by atoms with Crippen molar-refractivity contribution in [1.82, 2.24) is 0 Å². The normalized spacial score (nSPS) is 13.4. The summed E-state index contributed by atoms with van der Waals surface area (Å²) in [4.78, 5) is 4.41. The summed E-state index contributed by atoms with van der Waals surface area (Å²) in [5.74, 6) is 2.79. The largest absolute Gasteiger partial charge is 0.370 e. The molecule has 17 heavy (non-hydrogen) atoms. The van der Waals surface area contributed by atoms with Crippen molar-refractivity contribution in [3.63, 3.8) is 0 Å². The van der Waals surface area contributed by atoms with Gasteiger partial charge in [-0.15, -0.1) is 0 Å². The minimum atomic E-state index is 0.269. The number of anilines is 1. The SMILES string of the molecule is CCSCCC(C)N=C(N)Nc1ccccc1. The van der Waals surface area contributed by atoms with Crippen LogP contribution in [0.1, 0.15) is 20.3 Å². The van der Waals surface area contributed by atoms with Gasteiger partial charge in [-0.05, 0) is 37.0 Å². The summed E-state index contributed by atoms with van der Waals surface area (Å²) < 4.78 is 0. The van der Waals surface area contributed by atoms with Crippen molar-refractivity contribution in [2.45, 2.75) is 26.3 Å². The highest BCUT2D eigenvalue weighted by molar-refractivity contribution is 7.99. The number of hydrogen-bond acceptors (Lipinski definition) is 2. The average Bonchev–Trinajstić information content (AvgIpc) is 2.30. The van der Waals surface area contributed by atoms with Crippen LogP contribution < -0.4 is 11.1 Å². The van der Waals surface area contributed by atoms with Crippen LogP contribution in [-0.4, -0.2) is 23.5 Å². The van der Waals surface area contributed by atoms with E-state index in [0.717, 1.165) is 23.6 Å². The lowest BCUT2D eigenvalue weighted by Crippen LogP contribution is -2.24. The predicted octanol–water partition coefficient (Wildman–Crippen LogP) is 2.94. The summed E-state index contributed by atoms with van der Waals surface area (Å²) >= 11 is 1.94. The Morgan fingerprint density at radius 2 is 2.12 bits per heavy atom. The number of para-hydroxylation sites is 1. The lowest BCUT2D eigenvalue weighted by Gasteiger charge is -2.09. The van der Waals surface area contributed by atoms with E-state index in [-0.39, 0.29) is 6.04 Å². The molecule has 0 saturated carbocycles. The summed E-state index contributed by atoms with van der Waals surface area (Å²) in [5, 5.41) is 3.08. The van der Waals surface area contributed by atoms with Crippen molar-refractivity contribution >= 4 is 23.4 Å². The van der Waals surface area contributed by atoms with Gasteiger partial charge in [-0.2, -0.15) is 11.8 Å². The van der Waals surface area contributed by atoms with Crippen LogP contribution >= 0.6 is 11.8 Å². The number of guanidine groups is 1. The molecule has 0 radical (unpaired) electrons. The Morgan fingerprint density at radius 3 is 2.76 bits per heavy atom. The molecule has 0 saturated heterocycles. The van der Waals surface area contributed by atoms with Gasteiger partial charge in [0.15, 0.2) is 5.96 Å². The van der Waals surface area contributed by atoms with Crippen LogP contribution in [-0.2, 0) is 0 Å². The molecule has 0 fully saturated rings. The van der Waals surface area contributed by atoms with Gasteiger partial charge in [-0.1, -0.05) is 25.1 Å².